The fraction of sp³-hybridized carbons (Fsp3) is 0.0800. The summed E-state index contributed by atoms with van der Waals surface area (Å²) in [6.07, 6.45) is -5.74. The number of nitrogens with one attached hydrogen (secondary N) is 3. The molecule has 0 aliphatic heterocycles. The van der Waals surface area contributed by atoms with Gasteiger partial charge in [0.1, 0.15) is 0 Å². The lowest BCUT2D eigenvalue weighted by atomic mass is 10.0. The lowest BCUT2D eigenvalue weighted by Gasteiger charge is -2.10. The normalized spacial score (nSPS) is 10.6. The number of nitrogens with zero attached hydrogens (tertiary/aromatic N) is 1. The van der Waals surface area contributed by atoms with Crippen molar-refractivity contribution in [2.24, 2.45) is 0 Å². The Labute approximate surface area is 212 Å². The van der Waals surface area contributed by atoms with E-state index in [1.54, 1.807) is 66.7 Å². The summed E-state index contributed by atoms with van der Waals surface area (Å²) in [5, 5.41) is 12.4. The average Bonchev–Trinajstić information content (AvgIpc) is 3.30. The van der Waals surface area contributed by atoms with Crippen molar-refractivity contribution in [1.29, 1.82) is 0 Å². The molecule has 196 valence electrons. The molecule has 0 aliphatic carbocycles. The zero-order chi connectivity index (χ0) is 27.9. The summed E-state index contributed by atoms with van der Waals surface area (Å²) < 4.78 is 36.3. The van der Waals surface area contributed by atoms with Crippen LogP contribution in [0, 0.1) is 0 Å². The van der Waals surface area contributed by atoms with Crippen LogP contribution in [0.3, 0.4) is 0 Å². The maximum Gasteiger partial charge on any atom is 0.490 e. The van der Waals surface area contributed by atoms with Gasteiger partial charge < -0.3 is 20.1 Å². The Bertz CT molecular complexity index is 1490. The molecular formula is C25H19F3N4O6. The number of methoxy groups -OCH3 is 1. The molecule has 3 aromatic carbocycles. The number of benzene rings is 3. The lowest BCUT2D eigenvalue weighted by Crippen LogP contribution is -2.21. The van der Waals surface area contributed by atoms with Crippen LogP contribution < -0.4 is 10.6 Å². The van der Waals surface area contributed by atoms with Crippen LogP contribution in [0.1, 0.15) is 26.3 Å². The molecule has 0 spiro atoms. The predicted octanol–water partition coefficient (Wildman–Crippen LogP) is 4.86. The lowest BCUT2D eigenvalue weighted by molar-refractivity contribution is -0.192. The van der Waals surface area contributed by atoms with Gasteiger partial charge in [-0.15, -0.1) is 0 Å². The molecule has 10 nitrogen and oxygen atoms in total. The quantitative estimate of drug-likeness (QED) is 0.270. The summed E-state index contributed by atoms with van der Waals surface area (Å²) in [5.41, 5.74) is 2.82. The van der Waals surface area contributed by atoms with E-state index >= 15 is 0 Å². The number of halogens is 3. The van der Waals surface area contributed by atoms with E-state index in [0.29, 0.717) is 33.4 Å². The number of alkyl halides is 3. The van der Waals surface area contributed by atoms with Crippen LogP contribution in [-0.2, 0) is 9.53 Å². The van der Waals surface area contributed by atoms with Gasteiger partial charge in [-0.25, -0.2) is 14.6 Å². The van der Waals surface area contributed by atoms with E-state index in [4.69, 9.17) is 9.90 Å². The van der Waals surface area contributed by atoms with Gasteiger partial charge in [-0.3, -0.25) is 14.9 Å². The number of carboxylic acid groups (broad SMARTS) is 1. The molecule has 0 atom stereocenters. The van der Waals surface area contributed by atoms with Crippen molar-refractivity contribution in [2.45, 2.75) is 6.18 Å². The van der Waals surface area contributed by atoms with Gasteiger partial charge in [0.15, 0.2) is 5.78 Å². The number of amides is 2. The summed E-state index contributed by atoms with van der Waals surface area (Å²) in [6.45, 7) is 0. The Balaban J connectivity index is 0.000000505. The molecule has 38 heavy (non-hydrogen) atoms. The Morgan fingerprint density at radius 3 is 2.16 bits per heavy atom. The number of ether oxygens (including phenoxy) is 1. The Morgan fingerprint density at radius 1 is 0.895 bits per heavy atom. The minimum Gasteiger partial charge on any atom is -0.475 e. The second-order valence-corrected chi connectivity index (χ2v) is 7.43. The largest absolute Gasteiger partial charge is 0.490 e. The summed E-state index contributed by atoms with van der Waals surface area (Å²) in [6, 6.07) is 20.6. The number of para-hydroxylation sites is 1. The van der Waals surface area contributed by atoms with E-state index in [1.807, 2.05) is 6.07 Å². The van der Waals surface area contributed by atoms with Crippen molar-refractivity contribution < 1.29 is 42.2 Å². The van der Waals surface area contributed by atoms with Crippen LogP contribution in [0.2, 0.25) is 0 Å². The van der Waals surface area contributed by atoms with Gasteiger partial charge in [0, 0.05) is 16.7 Å². The Hall–Kier alpha value is -5.20. The van der Waals surface area contributed by atoms with Gasteiger partial charge in [-0.05, 0) is 42.5 Å². The zero-order valence-corrected chi connectivity index (χ0v) is 19.5. The average molecular weight is 528 g/mol. The Morgan fingerprint density at radius 2 is 1.53 bits per heavy atom. The van der Waals surface area contributed by atoms with Crippen molar-refractivity contribution in [3.63, 3.8) is 0 Å². The van der Waals surface area contributed by atoms with Gasteiger partial charge in [-0.1, -0.05) is 30.3 Å². The number of imidazole rings is 1. The molecular weight excluding hydrogens is 509 g/mol. The minimum atomic E-state index is -5.08. The summed E-state index contributed by atoms with van der Waals surface area (Å²) >= 11 is 0. The second kappa shape index (κ2) is 11.7. The highest BCUT2D eigenvalue weighted by atomic mass is 19.4. The maximum absolute atomic E-state index is 13.2. The molecule has 0 unspecified atom stereocenters. The number of fused-ring (bicyclic) bond motifs is 1. The van der Waals surface area contributed by atoms with Gasteiger partial charge >= 0.3 is 18.2 Å². The number of hydrogen-bond acceptors (Lipinski definition) is 6. The number of carbonyl (C=O) groups is 4. The molecule has 0 saturated heterocycles. The van der Waals surface area contributed by atoms with E-state index in [-0.39, 0.29) is 17.6 Å². The first-order chi connectivity index (χ1) is 18.0. The zero-order valence-electron chi connectivity index (χ0n) is 19.5. The van der Waals surface area contributed by atoms with E-state index in [9.17, 15) is 27.6 Å². The minimum absolute atomic E-state index is 0.210. The van der Waals surface area contributed by atoms with Gasteiger partial charge in [0.25, 0.3) is 5.91 Å². The number of carbonyl (C=O) groups excluding carboxylic acids is 3. The molecule has 0 aliphatic rings. The van der Waals surface area contributed by atoms with Crippen molar-refractivity contribution in [3.05, 3.63) is 89.5 Å². The third-order valence-electron chi connectivity index (χ3n) is 4.85. The number of hydrogen-bond donors (Lipinski definition) is 4. The van der Waals surface area contributed by atoms with Gasteiger partial charge in [0.05, 0.1) is 23.8 Å². The van der Waals surface area contributed by atoms with Gasteiger partial charge in [-0.2, -0.15) is 13.2 Å². The van der Waals surface area contributed by atoms with Crippen molar-refractivity contribution >= 4 is 46.4 Å². The second-order valence-electron chi connectivity index (χ2n) is 7.43. The molecule has 0 saturated carbocycles. The standard InChI is InChI=1S/C23H18N4O4.C2HF3O2/c1-31-23(30)27-22-25-18-12-11-15(13-19(18)26-22)20(28)16-9-5-6-10-17(16)24-21(29)14-7-3-2-4-8-14;3-2(4,5)1(6)7/h2-13H,1H3,(H,24,29)(H2,25,26,27,30);(H,6,7). The van der Waals surface area contributed by atoms with E-state index in [1.165, 1.54) is 7.11 Å². The molecule has 2 amide bonds. The predicted molar refractivity (Wildman–Crippen MR) is 130 cm³/mol. The molecule has 1 aromatic heterocycles. The number of aromatic nitrogens is 2. The third-order valence-corrected chi connectivity index (χ3v) is 4.85. The first-order valence-corrected chi connectivity index (χ1v) is 10.6. The number of H-pyrrole nitrogens is 1. The number of rotatable bonds is 5. The fourth-order valence-electron chi connectivity index (χ4n) is 3.09. The van der Waals surface area contributed by atoms with Crippen LogP contribution in [-0.4, -0.2) is 52.1 Å². The molecule has 4 rings (SSSR count). The van der Waals surface area contributed by atoms with Crippen molar-refractivity contribution in [3.8, 4) is 0 Å². The highest BCUT2D eigenvalue weighted by Crippen LogP contribution is 2.23. The molecule has 1 heterocycles. The van der Waals surface area contributed by atoms with Crippen LogP contribution in [0.15, 0.2) is 72.8 Å². The molecule has 13 heteroatoms. The van der Waals surface area contributed by atoms with E-state index in [2.05, 4.69) is 25.3 Å². The van der Waals surface area contributed by atoms with Crippen molar-refractivity contribution in [1.82, 2.24) is 9.97 Å². The summed E-state index contributed by atoms with van der Waals surface area (Å²) in [4.78, 5) is 53.1. The Kier molecular flexibility index (Phi) is 8.43. The smallest absolute Gasteiger partial charge is 0.475 e. The van der Waals surface area contributed by atoms with Crippen molar-refractivity contribution in [2.75, 3.05) is 17.7 Å². The fourth-order valence-corrected chi connectivity index (χ4v) is 3.09. The van der Waals surface area contributed by atoms with Crippen LogP contribution in [0.5, 0.6) is 0 Å². The number of ketones is 1. The van der Waals surface area contributed by atoms with Crippen LogP contribution >= 0.6 is 0 Å². The highest BCUT2D eigenvalue weighted by molar-refractivity contribution is 6.16. The molecule has 0 radical (unpaired) electrons. The maximum atomic E-state index is 13.2. The SMILES string of the molecule is COC(=O)Nc1nc2ccc(C(=O)c3ccccc3NC(=O)c3ccccc3)cc2[nH]1.O=C(O)C(F)(F)F. The van der Waals surface area contributed by atoms with E-state index in [0.717, 1.165) is 0 Å². The summed E-state index contributed by atoms with van der Waals surface area (Å²) in [5.74, 6) is -3.11. The van der Waals surface area contributed by atoms with Crippen LogP contribution in [0.4, 0.5) is 29.6 Å². The summed E-state index contributed by atoms with van der Waals surface area (Å²) in [7, 11) is 1.25. The number of carboxylic acids is 1. The highest BCUT2D eigenvalue weighted by Gasteiger charge is 2.38. The molecule has 0 bridgehead atoms. The molecule has 0 fully saturated rings. The molecule has 4 N–H and O–H groups in total. The first-order valence-electron chi connectivity index (χ1n) is 10.6. The first kappa shape index (κ1) is 27.4. The molecule has 4 aromatic rings. The monoisotopic (exact) mass is 528 g/mol. The third kappa shape index (κ3) is 6.94. The number of aliphatic carboxylic acids is 1. The number of anilines is 2. The van der Waals surface area contributed by atoms with Crippen LogP contribution in [0.25, 0.3) is 11.0 Å². The topological polar surface area (TPSA) is 150 Å². The van der Waals surface area contributed by atoms with Gasteiger partial charge in [0.2, 0.25) is 5.95 Å². The number of aromatic amines is 1. The van der Waals surface area contributed by atoms with E-state index < -0.39 is 18.2 Å².